The summed E-state index contributed by atoms with van der Waals surface area (Å²) < 4.78 is 10.6. The summed E-state index contributed by atoms with van der Waals surface area (Å²) in [6.45, 7) is 14.8. The topological polar surface area (TPSA) is 67.9 Å². The summed E-state index contributed by atoms with van der Waals surface area (Å²) in [5.74, 6) is 0. The molecule has 1 unspecified atom stereocenters. The fourth-order valence-corrected chi connectivity index (χ4v) is 2.04. The highest BCUT2D eigenvalue weighted by Gasteiger charge is 2.29. The number of unbranched alkanes of at least 4 members (excludes halogenated alkanes) is 3. The van der Waals surface area contributed by atoms with Gasteiger partial charge in [0, 0.05) is 0 Å². The monoisotopic (exact) mass is 344 g/mol. The van der Waals surface area contributed by atoms with Gasteiger partial charge in [0.2, 0.25) is 0 Å². The molecular weight excluding hydrogens is 308 g/mol. The molecule has 0 saturated carbocycles. The van der Waals surface area contributed by atoms with Gasteiger partial charge in [-0.3, -0.25) is 0 Å². The minimum absolute atomic E-state index is 0.177. The summed E-state index contributed by atoms with van der Waals surface area (Å²) >= 11 is 0. The van der Waals surface area contributed by atoms with Crippen molar-refractivity contribution in [2.45, 2.75) is 105 Å². The average Bonchev–Trinajstić information content (AvgIpc) is 2.36. The zero-order chi connectivity index (χ0) is 19.0. The van der Waals surface area contributed by atoms with Gasteiger partial charge in [-0.2, -0.15) is 0 Å². The highest BCUT2D eigenvalue weighted by molar-refractivity contribution is 5.74. The molecule has 0 aliphatic rings. The van der Waals surface area contributed by atoms with E-state index in [0.717, 1.165) is 25.7 Å². The average molecular weight is 344 g/mol. The Balaban J connectivity index is 4.87. The molecule has 24 heavy (non-hydrogen) atoms. The number of hydrogen-bond donors (Lipinski definition) is 1. The Morgan fingerprint density at radius 2 is 1.50 bits per heavy atom. The van der Waals surface area contributed by atoms with Crippen molar-refractivity contribution in [3.05, 3.63) is 0 Å². The summed E-state index contributed by atoms with van der Waals surface area (Å²) in [5, 5.41) is 1.24. The standard InChI is InChI=1S/C18H36N2O4/c1-9-10-11-12-13-14(2)20(16(22)24-18(6,7)8)19-15(21)23-17(3,4)5/h14H,9-13H2,1-8H3,(H,19,21). The Morgan fingerprint density at radius 1 is 0.958 bits per heavy atom. The Kier molecular flexibility index (Phi) is 9.15. The van der Waals surface area contributed by atoms with Crippen LogP contribution in [-0.4, -0.2) is 34.4 Å². The van der Waals surface area contributed by atoms with Gasteiger partial charge in [-0.05, 0) is 54.9 Å². The van der Waals surface area contributed by atoms with Gasteiger partial charge in [-0.15, -0.1) is 0 Å². The van der Waals surface area contributed by atoms with Crippen molar-refractivity contribution in [2.24, 2.45) is 0 Å². The van der Waals surface area contributed by atoms with Crippen LogP contribution in [0.4, 0.5) is 9.59 Å². The number of carbonyl (C=O) groups is 2. The zero-order valence-electron chi connectivity index (χ0n) is 16.7. The molecule has 0 aromatic heterocycles. The van der Waals surface area contributed by atoms with Gasteiger partial charge in [0.1, 0.15) is 11.2 Å². The fourth-order valence-electron chi connectivity index (χ4n) is 2.04. The lowest BCUT2D eigenvalue weighted by Gasteiger charge is -2.32. The molecule has 0 spiro atoms. The Labute approximate surface area is 147 Å². The lowest BCUT2D eigenvalue weighted by molar-refractivity contribution is -0.00875. The number of ether oxygens (including phenoxy) is 2. The molecule has 142 valence electrons. The molecule has 1 atom stereocenters. The lowest BCUT2D eigenvalue weighted by atomic mass is 10.1. The number of carbonyl (C=O) groups excluding carboxylic acids is 2. The van der Waals surface area contributed by atoms with E-state index in [-0.39, 0.29) is 6.04 Å². The Morgan fingerprint density at radius 3 is 1.96 bits per heavy atom. The first kappa shape index (κ1) is 22.5. The van der Waals surface area contributed by atoms with Crippen molar-refractivity contribution < 1.29 is 19.1 Å². The van der Waals surface area contributed by atoms with Crippen LogP contribution >= 0.6 is 0 Å². The molecule has 6 nitrogen and oxygen atoms in total. The molecular formula is C18H36N2O4. The molecule has 0 aliphatic carbocycles. The van der Waals surface area contributed by atoms with Crippen LogP contribution in [0.1, 0.15) is 87.5 Å². The van der Waals surface area contributed by atoms with Gasteiger partial charge in [-0.25, -0.2) is 20.0 Å². The van der Waals surface area contributed by atoms with Crippen molar-refractivity contribution in [3.63, 3.8) is 0 Å². The summed E-state index contributed by atoms with van der Waals surface area (Å²) in [7, 11) is 0. The van der Waals surface area contributed by atoms with Crippen LogP contribution in [0.5, 0.6) is 0 Å². The normalized spacial score (nSPS) is 13.2. The quantitative estimate of drug-likeness (QED) is 0.542. The molecule has 6 heteroatoms. The van der Waals surface area contributed by atoms with Gasteiger partial charge in [0.25, 0.3) is 0 Å². The van der Waals surface area contributed by atoms with Crippen molar-refractivity contribution in [1.29, 1.82) is 0 Å². The van der Waals surface area contributed by atoms with Gasteiger partial charge >= 0.3 is 12.2 Å². The molecule has 0 saturated heterocycles. The number of hydrogen-bond acceptors (Lipinski definition) is 4. The summed E-state index contributed by atoms with van der Waals surface area (Å²) in [6.07, 6.45) is 3.97. The van der Waals surface area contributed by atoms with E-state index < -0.39 is 23.4 Å². The second-order valence-electron chi connectivity index (χ2n) is 8.16. The maximum atomic E-state index is 12.4. The fraction of sp³-hybridized carbons (Fsp3) is 0.889. The van der Waals surface area contributed by atoms with Crippen LogP contribution < -0.4 is 5.43 Å². The first-order valence-electron chi connectivity index (χ1n) is 8.87. The van der Waals surface area contributed by atoms with Crippen LogP contribution in [0.25, 0.3) is 0 Å². The number of rotatable bonds is 6. The third-order valence-corrected chi connectivity index (χ3v) is 3.12. The van der Waals surface area contributed by atoms with E-state index >= 15 is 0 Å². The summed E-state index contributed by atoms with van der Waals surface area (Å²) in [4.78, 5) is 24.5. The van der Waals surface area contributed by atoms with Crippen LogP contribution in [-0.2, 0) is 9.47 Å². The first-order valence-corrected chi connectivity index (χ1v) is 8.87. The van der Waals surface area contributed by atoms with Crippen LogP contribution in [0, 0.1) is 0 Å². The minimum Gasteiger partial charge on any atom is -0.443 e. The van der Waals surface area contributed by atoms with Crippen molar-refractivity contribution >= 4 is 12.2 Å². The van der Waals surface area contributed by atoms with E-state index in [1.807, 2.05) is 6.92 Å². The number of amides is 2. The van der Waals surface area contributed by atoms with E-state index in [0.29, 0.717) is 0 Å². The third kappa shape index (κ3) is 11.1. The molecule has 0 aromatic carbocycles. The van der Waals surface area contributed by atoms with Gasteiger partial charge in [0.05, 0.1) is 6.04 Å². The molecule has 0 aliphatic heterocycles. The van der Waals surface area contributed by atoms with Crippen LogP contribution in [0.15, 0.2) is 0 Å². The Bertz CT molecular complexity index is 397. The SMILES string of the molecule is CCCCCCC(C)N(NC(=O)OC(C)(C)C)C(=O)OC(C)(C)C. The highest BCUT2D eigenvalue weighted by atomic mass is 16.6. The van der Waals surface area contributed by atoms with E-state index in [9.17, 15) is 9.59 Å². The maximum absolute atomic E-state index is 12.4. The molecule has 0 rings (SSSR count). The minimum atomic E-state index is -0.659. The maximum Gasteiger partial charge on any atom is 0.429 e. The predicted octanol–water partition coefficient (Wildman–Crippen LogP) is 5.02. The lowest BCUT2D eigenvalue weighted by Crippen LogP contribution is -2.53. The third-order valence-electron chi connectivity index (χ3n) is 3.12. The largest absolute Gasteiger partial charge is 0.443 e. The van der Waals surface area contributed by atoms with Gasteiger partial charge in [-0.1, -0.05) is 32.6 Å². The second-order valence-corrected chi connectivity index (χ2v) is 8.16. The Hall–Kier alpha value is -1.46. The van der Waals surface area contributed by atoms with Crippen molar-refractivity contribution in [3.8, 4) is 0 Å². The van der Waals surface area contributed by atoms with Gasteiger partial charge in [0.15, 0.2) is 0 Å². The smallest absolute Gasteiger partial charge is 0.429 e. The van der Waals surface area contributed by atoms with E-state index in [1.54, 1.807) is 41.5 Å². The van der Waals surface area contributed by atoms with Gasteiger partial charge < -0.3 is 9.47 Å². The van der Waals surface area contributed by atoms with E-state index in [2.05, 4.69) is 12.3 Å². The molecule has 1 N–H and O–H groups in total. The van der Waals surface area contributed by atoms with E-state index in [4.69, 9.17) is 9.47 Å². The molecule has 0 fully saturated rings. The van der Waals surface area contributed by atoms with Crippen LogP contribution in [0.2, 0.25) is 0 Å². The van der Waals surface area contributed by atoms with Crippen molar-refractivity contribution in [1.82, 2.24) is 10.4 Å². The van der Waals surface area contributed by atoms with Crippen LogP contribution in [0.3, 0.4) is 0 Å². The van der Waals surface area contributed by atoms with E-state index in [1.165, 1.54) is 11.4 Å². The van der Waals surface area contributed by atoms with Crippen molar-refractivity contribution in [2.75, 3.05) is 0 Å². The summed E-state index contributed by atoms with van der Waals surface area (Å²) in [5.41, 5.74) is 1.27. The molecule has 0 bridgehead atoms. The highest BCUT2D eigenvalue weighted by Crippen LogP contribution is 2.15. The summed E-state index contributed by atoms with van der Waals surface area (Å²) in [6, 6.07) is -0.177. The molecule has 2 amide bonds. The zero-order valence-corrected chi connectivity index (χ0v) is 16.7. The second kappa shape index (κ2) is 9.74. The molecule has 0 radical (unpaired) electrons. The number of nitrogens with one attached hydrogen (secondary N) is 1. The molecule has 0 heterocycles. The molecule has 0 aromatic rings. The first-order chi connectivity index (χ1) is 10.9. The number of hydrazine groups is 1. The number of nitrogens with zero attached hydrogens (tertiary/aromatic N) is 1. The predicted molar refractivity (Wildman–Crippen MR) is 95.7 cm³/mol.